The Hall–Kier alpha value is -6.01. The largest absolute Gasteiger partial charge is 0.424 e. The van der Waals surface area contributed by atoms with Gasteiger partial charge in [-0.25, -0.2) is 4.98 Å². The van der Waals surface area contributed by atoms with E-state index in [1.54, 1.807) is 0 Å². The van der Waals surface area contributed by atoms with Crippen molar-refractivity contribution in [3.8, 4) is 0 Å². The van der Waals surface area contributed by atoms with E-state index in [-0.39, 0.29) is 44.6 Å². The topological polar surface area (TPSA) is 35.8 Å². The number of oxazole rings is 1. The summed E-state index contributed by atoms with van der Waals surface area (Å²) in [6.45, 7) is 48.0. The molecule has 9 rings (SSSR count). The third-order valence-corrected chi connectivity index (χ3v) is 15.2. The van der Waals surface area contributed by atoms with Crippen LogP contribution < -0.4 is 31.2 Å². The van der Waals surface area contributed by atoms with Crippen molar-refractivity contribution in [2.24, 2.45) is 0 Å². The molecule has 0 fully saturated rings. The zero-order valence-corrected chi connectivity index (χ0v) is 48.3. The molecule has 0 amide bonds. The molecule has 0 saturated carbocycles. The van der Waals surface area contributed by atoms with Crippen molar-refractivity contribution in [1.29, 1.82) is 0 Å². The molecule has 7 aromatic rings. The Labute approximate surface area is 440 Å². The van der Waals surface area contributed by atoms with Crippen molar-refractivity contribution in [1.82, 2.24) is 4.98 Å². The van der Waals surface area contributed by atoms with Gasteiger partial charge in [-0.3, -0.25) is 4.90 Å². The number of anilines is 9. The van der Waals surface area contributed by atoms with Crippen LogP contribution in [0.3, 0.4) is 0 Å². The fourth-order valence-electron chi connectivity index (χ4n) is 10.4. The summed E-state index contributed by atoms with van der Waals surface area (Å²) in [5.74, 6) is 1.53. The molecule has 5 nitrogen and oxygen atoms in total. The van der Waals surface area contributed by atoms with Crippen molar-refractivity contribution in [3.05, 3.63) is 161 Å². The molecule has 0 saturated heterocycles. The van der Waals surface area contributed by atoms with Crippen LogP contribution in [0.15, 0.2) is 126 Å². The van der Waals surface area contributed by atoms with E-state index in [1.807, 2.05) is 0 Å². The summed E-state index contributed by atoms with van der Waals surface area (Å²) in [4.78, 5) is 13.1. The third kappa shape index (κ3) is 9.69. The maximum Gasteiger partial charge on any atom is 0.279 e. The first-order valence-corrected chi connectivity index (χ1v) is 26.8. The van der Waals surface area contributed by atoms with Crippen LogP contribution in [0, 0.1) is 0 Å². The van der Waals surface area contributed by atoms with E-state index in [0.29, 0.717) is 0 Å². The maximum absolute atomic E-state index is 7.28. The monoisotopic (exact) mass is 971 g/mol. The summed E-state index contributed by atoms with van der Waals surface area (Å²) in [6, 6.07) is 47.0. The van der Waals surface area contributed by atoms with E-state index >= 15 is 0 Å². The van der Waals surface area contributed by atoms with Gasteiger partial charge in [0.15, 0.2) is 0 Å². The first-order valence-electron chi connectivity index (χ1n) is 26.8. The predicted octanol–water partition coefficient (Wildman–Crippen LogP) is 17.3. The van der Waals surface area contributed by atoms with Gasteiger partial charge >= 0.3 is 0 Å². The van der Waals surface area contributed by atoms with E-state index in [9.17, 15) is 0 Å². The molecule has 0 N–H and O–H groups in total. The van der Waals surface area contributed by atoms with E-state index in [2.05, 4.69) is 281 Å². The second-order valence-corrected chi connectivity index (χ2v) is 28.5. The highest BCUT2D eigenvalue weighted by Gasteiger charge is 2.48. The van der Waals surface area contributed by atoms with Crippen molar-refractivity contribution in [2.45, 2.75) is 183 Å². The highest BCUT2D eigenvalue weighted by Crippen LogP contribution is 2.50. The van der Waals surface area contributed by atoms with Gasteiger partial charge < -0.3 is 14.2 Å². The number of aromatic nitrogens is 1. The standard InChI is InChI=1S/C67H83BN4O/c1-61(2,3)42-22-28-48(29-23-42)70(49-30-24-43(25-31-49)62(4,5)6)51-34-35-53-54(41-51)71(50-32-26-44(27-33-50)63(7,8)9)55-39-47(66(16,17)18)40-56-57(55)68(53)58-59(73-60(69-58)67(19,20)21)72(56)52-37-45(64(10,11)12)36-46(38-52)65(13,14)15/h22-41H,1-21H3. The van der Waals surface area contributed by atoms with E-state index in [1.165, 1.54) is 44.3 Å². The number of rotatable bonds is 5. The molecule has 0 atom stereocenters. The van der Waals surface area contributed by atoms with Crippen LogP contribution in [0.5, 0.6) is 0 Å². The van der Waals surface area contributed by atoms with Crippen molar-refractivity contribution >= 4 is 74.6 Å². The van der Waals surface area contributed by atoms with Crippen LogP contribution in [0.25, 0.3) is 0 Å². The summed E-state index contributed by atoms with van der Waals surface area (Å²) in [5.41, 5.74) is 19.4. The van der Waals surface area contributed by atoms with Gasteiger partial charge in [-0.05, 0) is 150 Å². The minimum atomic E-state index is -0.341. The molecule has 3 heterocycles. The number of nitrogens with zero attached hydrogens (tertiary/aromatic N) is 4. The molecule has 0 bridgehead atoms. The van der Waals surface area contributed by atoms with Crippen LogP contribution in [0.2, 0.25) is 0 Å². The lowest BCUT2D eigenvalue weighted by Gasteiger charge is -2.43. The zero-order valence-electron chi connectivity index (χ0n) is 48.3. The third-order valence-electron chi connectivity index (χ3n) is 15.2. The highest BCUT2D eigenvalue weighted by atomic mass is 16.4. The summed E-state index contributed by atoms with van der Waals surface area (Å²) in [6.07, 6.45) is 0. The minimum Gasteiger partial charge on any atom is -0.424 e. The molecule has 6 heteroatoms. The van der Waals surface area contributed by atoms with Crippen molar-refractivity contribution in [2.75, 3.05) is 14.7 Å². The maximum atomic E-state index is 7.28. The minimum absolute atomic E-state index is 0.00435. The Morgan fingerprint density at radius 3 is 1.19 bits per heavy atom. The number of fused-ring (bicyclic) bond motifs is 4. The summed E-state index contributed by atoms with van der Waals surface area (Å²) < 4.78 is 7.28. The molecule has 0 radical (unpaired) electrons. The first-order chi connectivity index (χ1) is 33.6. The molecule has 0 unspecified atom stereocenters. The van der Waals surface area contributed by atoms with Crippen LogP contribution in [0.1, 0.15) is 185 Å². The molecule has 2 aliphatic heterocycles. The molecule has 1 aromatic heterocycles. The van der Waals surface area contributed by atoms with E-state index < -0.39 is 0 Å². The Morgan fingerprint density at radius 2 is 0.767 bits per heavy atom. The fraction of sp³-hybridized carbons (Fsp3) is 0.418. The van der Waals surface area contributed by atoms with Gasteiger partial charge in [0.2, 0.25) is 11.8 Å². The molecular formula is C67H83BN4O. The normalized spacial score (nSPS) is 14.3. The quantitative estimate of drug-likeness (QED) is 0.161. The van der Waals surface area contributed by atoms with Crippen LogP contribution in [0.4, 0.5) is 51.4 Å². The van der Waals surface area contributed by atoms with Crippen molar-refractivity contribution in [3.63, 3.8) is 0 Å². The lowest BCUT2D eigenvalue weighted by molar-refractivity contribution is 0.397. The second kappa shape index (κ2) is 17.3. The Kier molecular flexibility index (Phi) is 12.3. The molecule has 2 aliphatic rings. The number of benzene rings is 6. The molecule has 73 heavy (non-hydrogen) atoms. The Balaban J connectivity index is 1.39. The lowest BCUT2D eigenvalue weighted by Crippen LogP contribution is -2.62. The Bertz CT molecular complexity index is 3110. The number of hydrogen-bond donors (Lipinski definition) is 0. The summed E-state index contributed by atoms with van der Waals surface area (Å²) in [7, 11) is 0. The number of hydrogen-bond acceptors (Lipinski definition) is 5. The predicted molar refractivity (Wildman–Crippen MR) is 316 cm³/mol. The Morgan fingerprint density at radius 1 is 0.370 bits per heavy atom. The molecule has 0 aliphatic carbocycles. The van der Waals surface area contributed by atoms with Gasteiger partial charge in [0.05, 0.1) is 5.59 Å². The average Bonchev–Trinajstić information content (AvgIpc) is 3.73. The SMILES string of the molecule is CC(C)(C)c1ccc(N(c2ccc(C(C)(C)C)cc2)c2ccc3c(c2)N(c2ccc(C(C)(C)C)cc2)c2cc(C(C)(C)C)cc4c2B3c2nc(C(C)(C)C)oc2N4c2cc(C(C)(C)C)cc(C(C)(C)C)c2)cc1. The smallest absolute Gasteiger partial charge is 0.279 e. The lowest BCUT2D eigenvalue weighted by atomic mass is 9.35. The summed E-state index contributed by atoms with van der Waals surface area (Å²) >= 11 is 0. The zero-order chi connectivity index (χ0) is 53.3. The fourth-order valence-corrected chi connectivity index (χ4v) is 10.4. The summed E-state index contributed by atoms with van der Waals surface area (Å²) in [5, 5.41) is 0. The first kappa shape index (κ1) is 51.9. The van der Waals surface area contributed by atoms with Gasteiger partial charge in [0, 0.05) is 50.9 Å². The van der Waals surface area contributed by atoms with Gasteiger partial charge in [-0.2, -0.15) is 0 Å². The van der Waals surface area contributed by atoms with Gasteiger partial charge in [-0.1, -0.05) is 194 Å². The molecule has 6 aromatic carbocycles. The van der Waals surface area contributed by atoms with Gasteiger partial charge in [0.1, 0.15) is 0 Å². The second-order valence-electron chi connectivity index (χ2n) is 28.5. The molecular weight excluding hydrogens is 888 g/mol. The highest BCUT2D eigenvalue weighted by molar-refractivity contribution is 6.99. The molecule has 380 valence electrons. The van der Waals surface area contributed by atoms with E-state index in [0.717, 1.165) is 62.9 Å². The van der Waals surface area contributed by atoms with Crippen LogP contribution >= 0.6 is 0 Å². The van der Waals surface area contributed by atoms with Crippen LogP contribution in [-0.4, -0.2) is 11.7 Å². The van der Waals surface area contributed by atoms with Gasteiger partial charge in [-0.15, -0.1) is 0 Å². The van der Waals surface area contributed by atoms with E-state index in [4.69, 9.17) is 9.40 Å². The van der Waals surface area contributed by atoms with Crippen LogP contribution in [-0.2, 0) is 37.9 Å². The van der Waals surface area contributed by atoms with Gasteiger partial charge in [0.25, 0.3) is 6.71 Å². The average molecular weight is 971 g/mol. The van der Waals surface area contributed by atoms with Crippen molar-refractivity contribution < 1.29 is 4.42 Å². The molecule has 0 spiro atoms.